The number of anilines is 2. The summed E-state index contributed by atoms with van der Waals surface area (Å²) in [6, 6.07) is 5.77. The highest BCUT2D eigenvalue weighted by atomic mass is 32.2. The fourth-order valence-corrected chi connectivity index (χ4v) is 3.48. The van der Waals surface area contributed by atoms with Crippen LogP contribution in [0.3, 0.4) is 0 Å². The Morgan fingerprint density at radius 3 is 2.89 bits per heavy atom. The molecule has 0 aromatic carbocycles. The van der Waals surface area contributed by atoms with E-state index in [1.54, 1.807) is 0 Å². The summed E-state index contributed by atoms with van der Waals surface area (Å²) in [7, 11) is 0. The molecule has 11 heteroatoms. The van der Waals surface area contributed by atoms with Crippen LogP contribution in [-0.2, 0) is 4.79 Å². The summed E-state index contributed by atoms with van der Waals surface area (Å²) in [5, 5.41) is 22.0. The monoisotopic (exact) mass is 415 g/mol. The van der Waals surface area contributed by atoms with E-state index >= 15 is 0 Å². The Labute approximate surface area is 169 Å². The van der Waals surface area contributed by atoms with Crippen LogP contribution in [0.2, 0.25) is 0 Å². The zero-order chi connectivity index (χ0) is 19.9. The van der Waals surface area contributed by atoms with E-state index in [4.69, 9.17) is 4.42 Å². The number of carbonyl (C=O) groups excluding carboxylic acids is 1. The molecule has 0 unspecified atom stereocenters. The van der Waals surface area contributed by atoms with Gasteiger partial charge in [-0.25, -0.2) is 4.98 Å². The van der Waals surface area contributed by atoms with Crippen LogP contribution in [0.5, 0.6) is 0 Å². The summed E-state index contributed by atoms with van der Waals surface area (Å²) in [5.74, 6) is 0.784. The predicted octanol–water partition coefficient (Wildman–Crippen LogP) is 3.04. The number of aromatic nitrogens is 4. The number of thioether (sulfide) groups is 1. The van der Waals surface area contributed by atoms with Crippen LogP contribution in [0.15, 0.2) is 33.3 Å². The first-order chi connectivity index (χ1) is 13.6. The Kier molecular flexibility index (Phi) is 6.57. The van der Waals surface area contributed by atoms with Crippen molar-refractivity contribution in [2.45, 2.75) is 19.1 Å². The van der Waals surface area contributed by atoms with Crippen LogP contribution in [0.4, 0.5) is 11.8 Å². The topological polar surface area (TPSA) is 121 Å². The standard InChI is InChI=1S/C17H17N7O2S2/c1-3-24(4-2)16-19-9-11(8-18)14(21-16)20-13(25)10-28-17-23-22-15(26-17)12-6-5-7-27-12/h5-7,9H,3-4,10H2,1-2H3,(H,19,20,21,25). The molecule has 3 heterocycles. The van der Waals surface area contributed by atoms with E-state index in [1.165, 1.54) is 17.5 Å². The molecule has 0 aliphatic rings. The van der Waals surface area contributed by atoms with Gasteiger partial charge in [-0.3, -0.25) is 4.79 Å². The van der Waals surface area contributed by atoms with Crippen molar-refractivity contribution in [3.63, 3.8) is 0 Å². The second-order valence-corrected chi connectivity index (χ2v) is 7.28. The molecule has 28 heavy (non-hydrogen) atoms. The average Bonchev–Trinajstić information content (AvgIpc) is 3.39. The van der Waals surface area contributed by atoms with Gasteiger partial charge in [-0.1, -0.05) is 17.8 Å². The van der Waals surface area contributed by atoms with E-state index in [0.717, 1.165) is 29.7 Å². The van der Waals surface area contributed by atoms with Gasteiger partial charge in [-0.15, -0.1) is 21.5 Å². The first-order valence-corrected chi connectivity index (χ1v) is 10.3. The van der Waals surface area contributed by atoms with Crippen LogP contribution in [-0.4, -0.2) is 44.9 Å². The van der Waals surface area contributed by atoms with E-state index in [9.17, 15) is 10.1 Å². The number of rotatable bonds is 8. The zero-order valence-electron chi connectivity index (χ0n) is 15.2. The van der Waals surface area contributed by atoms with E-state index in [-0.39, 0.29) is 23.0 Å². The van der Waals surface area contributed by atoms with Gasteiger partial charge in [0.2, 0.25) is 11.9 Å². The van der Waals surface area contributed by atoms with Gasteiger partial charge in [-0.05, 0) is 25.3 Å². The van der Waals surface area contributed by atoms with Gasteiger partial charge in [0.1, 0.15) is 11.6 Å². The van der Waals surface area contributed by atoms with Gasteiger partial charge in [0.15, 0.2) is 5.82 Å². The molecule has 3 aromatic heterocycles. The van der Waals surface area contributed by atoms with Crippen molar-refractivity contribution in [2.24, 2.45) is 0 Å². The number of carbonyl (C=O) groups is 1. The van der Waals surface area contributed by atoms with Crippen LogP contribution in [0, 0.1) is 11.3 Å². The number of hydrogen-bond donors (Lipinski definition) is 1. The summed E-state index contributed by atoms with van der Waals surface area (Å²) < 4.78 is 5.54. The molecule has 0 fully saturated rings. The Bertz CT molecular complexity index is 978. The lowest BCUT2D eigenvalue weighted by Crippen LogP contribution is -2.25. The Morgan fingerprint density at radius 1 is 1.39 bits per heavy atom. The van der Waals surface area contributed by atoms with Crippen LogP contribution in [0.25, 0.3) is 10.8 Å². The second kappa shape index (κ2) is 9.29. The quantitative estimate of drug-likeness (QED) is 0.553. The fourth-order valence-electron chi connectivity index (χ4n) is 2.27. The predicted molar refractivity (Wildman–Crippen MR) is 107 cm³/mol. The maximum Gasteiger partial charge on any atom is 0.277 e. The molecule has 9 nitrogen and oxygen atoms in total. The molecule has 0 bridgehead atoms. The van der Waals surface area contributed by atoms with Gasteiger partial charge in [0, 0.05) is 13.1 Å². The van der Waals surface area contributed by atoms with Crippen molar-refractivity contribution in [2.75, 3.05) is 29.1 Å². The van der Waals surface area contributed by atoms with Crippen molar-refractivity contribution in [1.82, 2.24) is 20.2 Å². The van der Waals surface area contributed by atoms with Crippen molar-refractivity contribution >= 4 is 40.8 Å². The lowest BCUT2D eigenvalue weighted by atomic mass is 10.3. The molecule has 3 aromatic rings. The molecule has 144 valence electrons. The third kappa shape index (κ3) is 4.65. The Hall–Kier alpha value is -2.97. The Morgan fingerprint density at radius 2 is 2.21 bits per heavy atom. The summed E-state index contributed by atoms with van der Waals surface area (Å²) in [6.45, 7) is 5.40. The number of nitriles is 1. The molecule has 0 aliphatic heterocycles. The largest absolute Gasteiger partial charge is 0.410 e. The molecule has 0 spiro atoms. The normalized spacial score (nSPS) is 10.5. The van der Waals surface area contributed by atoms with Crippen molar-refractivity contribution in [1.29, 1.82) is 5.26 Å². The van der Waals surface area contributed by atoms with Gasteiger partial charge < -0.3 is 14.6 Å². The molecular weight excluding hydrogens is 398 g/mol. The average molecular weight is 416 g/mol. The van der Waals surface area contributed by atoms with Crippen molar-refractivity contribution in [3.8, 4) is 16.8 Å². The van der Waals surface area contributed by atoms with E-state index in [1.807, 2.05) is 42.3 Å². The number of hydrogen-bond acceptors (Lipinski definition) is 10. The Balaban J connectivity index is 1.64. The van der Waals surface area contributed by atoms with Gasteiger partial charge in [0.05, 0.1) is 16.8 Å². The van der Waals surface area contributed by atoms with Crippen LogP contribution in [0.1, 0.15) is 19.4 Å². The minimum Gasteiger partial charge on any atom is -0.410 e. The van der Waals surface area contributed by atoms with Crippen LogP contribution >= 0.6 is 23.1 Å². The van der Waals surface area contributed by atoms with Gasteiger partial charge in [0.25, 0.3) is 11.1 Å². The molecule has 0 saturated heterocycles. The third-order valence-electron chi connectivity index (χ3n) is 3.67. The zero-order valence-corrected chi connectivity index (χ0v) is 16.9. The minimum absolute atomic E-state index is 0.0432. The highest BCUT2D eigenvalue weighted by Crippen LogP contribution is 2.26. The highest BCUT2D eigenvalue weighted by Gasteiger charge is 2.15. The van der Waals surface area contributed by atoms with E-state index < -0.39 is 0 Å². The molecule has 0 radical (unpaired) electrons. The van der Waals surface area contributed by atoms with Gasteiger partial charge in [-0.2, -0.15) is 10.2 Å². The third-order valence-corrected chi connectivity index (χ3v) is 5.34. The summed E-state index contributed by atoms with van der Waals surface area (Å²) in [4.78, 5) is 23.6. The van der Waals surface area contributed by atoms with Crippen LogP contribution < -0.4 is 10.2 Å². The number of nitrogens with zero attached hydrogens (tertiary/aromatic N) is 6. The highest BCUT2D eigenvalue weighted by molar-refractivity contribution is 7.99. The molecule has 0 atom stereocenters. The first-order valence-electron chi connectivity index (χ1n) is 8.46. The van der Waals surface area contributed by atoms with E-state index in [2.05, 4.69) is 25.5 Å². The molecule has 1 N–H and O–H groups in total. The van der Waals surface area contributed by atoms with E-state index in [0.29, 0.717) is 17.1 Å². The smallest absolute Gasteiger partial charge is 0.277 e. The maximum atomic E-state index is 12.3. The lowest BCUT2D eigenvalue weighted by molar-refractivity contribution is -0.113. The lowest BCUT2D eigenvalue weighted by Gasteiger charge is -2.19. The maximum absolute atomic E-state index is 12.3. The second-order valence-electron chi connectivity index (χ2n) is 5.40. The summed E-state index contributed by atoms with van der Waals surface area (Å²) in [6.07, 6.45) is 1.41. The molecule has 0 aliphatic carbocycles. The SMILES string of the molecule is CCN(CC)c1ncc(C#N)c(NC(=O)CSc2nnc(-c3cccs3)o2)n1. The van der Waals surface area contributed by atoms with Crippen molar-refractivity contribution in [3.05, 3.63) is 29.3 Å². The fraction of sp³-hybridized carbons (Fsp3) is 0.294. The first kappa shape index (κ1) is 19.8. The summed E-state index contributed by atoms with van der Waals surface area (Å²) >= 11 is 2.61. The van der Waals surface area contributed by atoms with Crippen molar-refractivity contribution < 1.29 is 9.21 Å². The summed E-state index contributed by atoms with van der Waals surface area (Å²) in [5.41, 5.74) is 0.201. The molecule has 3 rings (SSSR count). The molecule has 1 amide bonds. The number of nitrogens with one attached hydrogen (secondary N) is 1. The molecule has 0 saturated carbocycles. The number of thiophene rings is 1. The number of amides is 1. The van der Waals surface area contributed by atoms with Gasteiger partial charge >= 0.3 is 0 Å². The molecular formula is C17H17N7O2S2. The minimum atomic E-state index is -0.332.